The number of thiophene rings is 1. The number of hydrogen-bond acceptors (Lipinski definition) is 3. The monoisotopic (exact) mass is 263 g/mol. The van der Waals surface area contributed by atoms with E-state index in [1.54, 1.807) is 11.3 Å². The molecule has 0 radical (unpaired) electrons. The molecule has 0 saturated heterocycles. The van der Waals surface area contributed by atoms with Gasteiger partial charge in [-0.25, -0.2) is 5.10 Å². The van der Waals surface area contributed by atoms with Crippen LogP contribution < -0.4 is 0 Å². The minimum absolute atomic E-state index is 0.314. The van der Waals surface area contributed by atoms with Gasteiger partial charge in [0.2, 0.25) is 5.28 Å². The third-order valence-electron chi connectivity index (χ3n) is 1.25. The summed E-state index contributed by atoms with van der Waals surface area (Å²) in [5.41, 5.74) is 0. The molecule has 0 saturated carbocycles. The Bertz CT molecular complexity index is 359. The summed E-state index contributed by atoms with van der Waals surface area (Å²) in [6.45, 7) is 0. The molecule has 2 rings (SSSR count). The Labute approximate surface area is 85.9 Å². The zero-order chi connectivity index (χ0) is 8.55. The van der Waals surface area contributed by atoms with Gasteiger partial charge >= 0.3 is 0 Å². The first kappa shape index (κ1) is 8.22. The molecule has 1 N–H and O–H groups in total. The van der Waals surface area contributed by atoms with Crippen molar-refractivity contribution < 1.29 is 0 Å². The number of aromatic nitrogens is 3. The first-order valence-corrected chi connectivity index (χ1v) is 5.08. The number of halogens is 2. The van der Waals surface area contributed by atoms with Crippen molar-refractivity contribution in [1.82, 2.24) is 15.2 Å². The van der Waals surface area contributed by atoms with Crippen LogP contribution in [0.3, 0.4) is 0 Å². The summed E-state index contributed by atoms with van der Waals surface area (Å²) < 4.78 is 1.05. The molecular formula is C6H3BrClN3S. The highest BCUT2D eigenvalue weighted by atomic mass is 79.9. The first-order valence-electron chi connectivity index (χ1n) is 3.09. The fourth-order valence-corrected chi connectivity index (χ4v) is 2.23. The van der Waals surface area contributed by atoms with Crippen molar-refractivity contribution in [3.8, 4) is 10.7 Å². The highest BCUT2D eigenvalue weighted by Crippen LogP contribution is 2.29. The van der Waals surface area contributed by atoms with Gasteiger partial charge in [-0.2, -0.15) is 10.1 Å². The van der Waals surface area contributed by atoms with E-state index in [1.165, 1.54) is 0 Å². The number of aromatic amines is 1. The van der Waals surface area contributed by atoms with Crippen LogP contribution in [0, 0.1) is 0 Å². The average molecular weight is 265 g/mol. The highest BCUT2D eigenvalue weighted by Gasteiger charge is 2.06. The van der Waals surface area contributed by atoms with Gasteiger partial charge in [0.05, 0.1) is 8.66 Å². The van der Waals surface area contributed by atoms with Gasteiger partial charge in [0.15, 0.2) is 5.82 Å². The van der Waals surface area contributed by atoms with Crippen LogP contribution in [0.5, 0.6) is 0 Å². The molecule has 2 aromatic rings. The minimum atomic E-state index is 0.314. The summed E-state index contributed by atoms with van der Waals surface area (Å²) in [6, 6.07) is 3.89. The van der Waals surface area contributed by atoms with Crippen LogP contribution >= 0.6 is 38.9 Å². The van der Waals surface area contributed by atoms with Crippen LogP contribution in [-0.2, 0) is 0 Å². The second-order valence-electron chi connectivity index (χ2n) is 2.05. The predicted octanol–water partition coefficient (Wildman–Crippen LogP) is 2.95. The normalized spacial score (nSPS) is 10.5. The molecule has 0 amide bonds. The van der Waals surface area contributed by atoms with E-state index in [0.717, 1.165) is 8.66 Å². The van der Waals surface area contributed by atoms with Crippen molar-refractivity contribution in [2.45, 2.75) is 0 Å². The highest BCUT2D eigenvalue weighted by molar-refractivity contribution is 9.11. The first-order chi connectivity index (χ1) is 5.75. The van der Waals surface area contributed by atoms with Gasteiger partial charge in [0.1, 0.15) is 0 Å². The fraction of sp³-hybridized carbons (Fsp3) is 0. The maximum absolute atomic E-state index is 5.58. The second-order valence-corrected chi connectivity index (χ2v) is 4.87. The van der Waals surface area contributed by atoms with Crippen molar-refractivity contribution >= 4 is 38.9 Å². The second kappa shape index (κ2) is 3.16. The van der Waals surface area contributed by atoms with Crippen LogP contribution in [0.4, 0.5) is 0 Å². The lowest BCUT2D eigenvalue weighted by atomic mass is 10.4. The van der Waals surface area contributed by atoms with E-state index in [-0.39, 0.29) is 0 Å². The van der Waals surface area contributed by atoms with Gasteiger partial charge in [-0.1, -0.05) is 0 Å². The zero-order valence-corrected chi connectivity index (χ0v) is 8.87. The molecule has 0 aliphatic carbocycles. The molecule has 0 fully saturated rings. The largest absolute Gasteiger partial charge is 0.249 e. The average Bonchev–Trinajstić information content (AvgIpc) is 2.58. The molecule has 62 valence electrons. The molecule has 0 spiro atoms. The lowest BCUT2D eigenvalue weighted by Gasteiger charge is -1.82. The molecular weight excluding hydrogens is 262 g/mol. The van der Waals surface area contributed by atoms with Crippen molar-refractivity contribution in [2.24, 2.45) is 0 Å². The maximum atomic E-state index is 5.58. The summed E-state index contributed by atoms with van der Waals surface area (Å²) in [4.78, 5) is 4.97. The predicted molar refractivity (Wildman–Crippen MR) is 52.4 cm³/mol. The standard InChI is InChI=1S/C6H3BrClN3S/c7-4-2-1-3(12-4)5-9-6(8)11-10-5/h1-2H,(H,9,10,11). The minimum Gasteiger partial charge on any atom is -0.249 e. The molecule has 3 nitrogen and oxygen atoms in total. The van der Waals surface area contributed by atoms with E-state index in [9.17, 15) is 0 Å². The van der Waals surface area contributed by atoms with E-state index < -0.39 is 0 Å². The van der Waals surface area contributed by atoms with Crippen LogP contribution in [-0.4, -0.2) is 15.2 Å². The lowest BCUT2D eigenvalue weighted by molar-refractivity contribution is 1.10. The fourth-order valence-electron chi connectivity index (χ4n) is 0.787. The van der Waals surface area contributed by atoms with Gasteiger partial charge < -0.3 is 0 Å². The maximum Gasteiger partial charge on any atom is 0.218 e. The van der Waals surface area contributed by atoms with Gasteiger partial charge in [0.25, 0.3) is 0 Å². The molecule has 0 aliphatic heterocycles. The molecule has 12 heavy (non-hydrogen) atoms. The quantitative estimate of drug-likeness (QED) is 0.860. The number of nitrogens with one attached hydrogen (secondary N) is 1. The van der Waals surface area contributed by atoms with Crippen molar-refractivity contribution in [3.05, 3.63) is 21.2 Å². The Kier molecular flexibility index (Phi) is 2.16. The number of nitrogens with zero attached hydrogens (tertiary/aromatic N) is 2. The Morgan fingerprint density at radius 2 is 2.33 bits per heavy atom. The van der Waals surface area contributed by atoms with Gasteiger partial charge in [-0.05, 0) is 39.7 Å². The van der Waals surface area contributed by atoms with Crippen LogP contribution in [0.1, 0.15) is 0 Å². The van der Waals surface area contributed by atoms with E-state index in [2.05, 4.69) is 31.1 Å². The zero-order valence-electron chi connectivity index (χ0n) is 5.71. The van der Waals surface area contributed by atoms with E-state index >= 15 is 0 Å². The molecule has 6 heteroatoms. The number of hydrogen-bond donors (Lipinski definition) is 1. The summed E-state index contributed by atoms with van der Waals surface area (Å²) >= 11 is 10.5. The summed E-state index contributed by atoms with van der Waals surface area (Å²) in [5, 5.41) is 6.81. The SMILES string of the molecule is Clc1nc(-c2ccc(Br)s2)n[nH]1. The van der Waals surface area contributed by atoms with Crippen LogP contribution in [0.25, 0.3) is 10.7 Å². The Hall–Kier alpha value is -0.390. The third kappa shape index (κ3) is 1.53. The van der Waals surface area contributed by atoms with Crippen LogP contribution in [0.2, 0.25) is 5.28 Å². The smallest absolute Gasteiger partial charge is 0.218 e. The summed E-state index contributed by atoms with van der Waals surface area (Å²) in [7, 11) is 0. The molecule has 2 aromatic heterocycles. The topological polar surface area (TPSA) is 41.6 Å². The molecule has 2 heterocycles. The van der Waals surface area contributed by atoms with Crippen molar-refractivity contribution in [2.75, 3.05) is 0 Å². The Morgan fingerprint density at radius 1 is 1.50 bits per heavy atom. The van der Waals surface area contributed by atoms with E-state index in [0.29, 0.717) is 11.1 Å². The summed E-state index contributed by atoms with van der Waals surface area (Å²) in [5.74, 6) is 0.635. The van der Waals surface area contributed by atoms with Gasteiger partial charge in [-0.3, -0.25) is 0 Å². The molecule has 0 unspecified atom stereocenters. The molecule has 0 aliphatic rings. The van der Waals surface area contributed by atoms with E-state index in [1.807, 2.05) is 12.1 Å². The lowest BCUT2D eigenvalue weighted by Crippen LogP contribution is -1.72. The summed E-state index contributed by atoms with van der Waals surface area (Å²) in [6.07, 6.45) is 0. The van der Waals surface area contributed by atoms with Gasteiger partial charge in [0, 0.05) is 0 Å². The number of H-pyrrole nitrogens is 1. The van der Waals surface area contributed by atoms with Crippen LogP contribution in [0.15, 0.2) is 15.9 Å². The molecule has 0 aromatic carbocycles. The Balaban J connectivity index is 2.43. The van der Waals surface area contributed by atoms with Crippen molar-refractivity contribution in [1.29, 1.82) is 0 Å². The third-order valence-corrected chi connectivity index (χ3v) is 3.04. The molecule has 0 atom stereocenters. The van der Waals surface area contributed by atoms with E-state index in [4.69, 9.17) is 11.6 Å². The molecule has 0 bridgehead atoms. The van der Waals surface area contributed by atoms with Crippen molar-refractivity contribution in [3.63, 3.8) is 0 Å². The number of rotatable bonds is 1. The van der Waals surface area contributed by atoms with Gasteiger partial charge in [-0.15, -0.1) is 11.3 Å². The Morgan fingerprint density at radius 3 is 2.83 bits per heavy atom.